The molecule has 2 aliphatic heterocycles. The first-order valence-electron chi connectivity index (χ1n) is 11.1. The van der Waals surface area contributed by atoms with Gasteiger partial charge in [0.1, 0.15) is 17.2 Å². The molecule has 2 fully saturated rings. The molecule has 3 heterocycles. The smallest absolute Gasteiger partial charge is 0.416 e. The summed E-state index contributed by atoms with van der Waals surface area (Å²) in [5.74, 6) is 0.149. The number of anilines is 3. The Morgan fingerprint density at radius 2 is 1.82 bits per heavy atom. The first-order valence-corrected chi connectivity index (χ1v) is 11.1. The van der Waals surface area contributed by atoms with Crippen molar-refractivity contribution in [2.45, 2.75) is 24.7 Å². The number of amides is 1. The van der Waals surface area contributed by atoms with Crippen LogP contribution in [-0.4, -0.2) is 41.5 Å². The van der Waals surface area contributed by atoms with E-state index in [1.54, 1.807) is 36.4 Å². The number of hydrogen-bond acceptors (Lipinski definition) is 7. The molecule has 0 bridgehead atoms. The quantitative estimate of drug-likeness (QED) is 0.386. The van der Waals surface area contributed by atoms with Crippen molar-refractivity contribution in [3.05, 3.63) is 72.2 Å². The highest BCUT2D eigenvalue weighted by molar-refractivity contribution is 5.89. The van der Waals surface area contributed by atoms with Crippen LogP contribution in [0.2, 0.25) is 0 Å². The fraction of sp³-hybridized carbons (Fsp3) is 0.280. The molecule has 2 aliphatic rings. The fourth-order valence-corrected chi connectivity index (χ4v) is 4.26. The third-order valence-electron chi connectivity index (χ3n) is 6.26. The second-order valence-corrected chi connectivity index (χ2v) is 8.56. The molecule has 1 atom stereocenters. The lowest BCUT2D eigenvalue weighted by Crippen LogP contribution is -2.40. The van der Waals surface area contributed by atoms with Crippen LogP contribution in [0.5, 0.6) is 0 Å². The van der Waals surface area contributed by atoms with Crippen LogP contribution < -0.4 is 16.0 Å². The van der Waals surface area contributed by atoms with Gasteiger partial charge in [-0.3, -0.25) is 4.90 Å². The zero-order valence-electron chi connectivity index (χ0n) is 18.4. The minimum Gasteiger partial charge on any atom is -0.440 e. The van der Waals surface area contributed by atoms with Gasteiger partial charge in [-0.25, -0.2) is 14.2 Å². The molecular weight excluding hydrogens is 439 g/mol. The Hall–Kier alpha value is -3.69. The number of nitrogens with one attached hydrogen (secondary N) is 1. The Labute approximate surface area is 196 Å². The summed E-state index contributed by atoms with van der Waals surface area (Å²) in [7, 11) is 0. The molecular formula is C25H25FN4O4. The summed E-state index contributed by atoms with van der Waals surface area (Å²) in [6.45, 7) is 1.56. The SMILES string of the molecule is Nc1ccc(-c2ccc(F)cc2)cc1NC(O)c1ccc(N2CC3(CCOCC3)OC2=O)nc1. The Morgan fingerprint density at radius 1 is 1.09 bits per heavy atom. The summed E-state index contributed by atoms with van der Waals surface area (Å²) >= 11 is 0. The highest BCUT2D eigenvalue weighted by atomic mass is 19.1. The predicted octanol–water partition coefficient (Wildman–Crippen LogP) is 4.08. The van der Waals surface area contributed by atoms with Gasteiger partial charge in [0, 0.05) is 24.6 Å². The number of hydrogen-bond donors (Lipinski definition) is 3. The van der Waals surface area contributed by atoms with Crippen molar-refractivity contribution in [3.63, 3.8) is 0 Å². The number of nitrogens with two attached hydrogens (primary N) is 1. The molecule has 0 aliphatic carbocycles. The van der Waals surface area contributed by atoms with Crippen LogP contribution in [0.1, 0.15) is 24.6 Å². The maximum absolute atomic E-state index is 13.2. The van der Waals surface area contributed by atoms with E-state index in [-0.39, 0.29) is 5.82 Å². The molecule has 2 aromatic carbocycles. The normalized spacial score (nSPS) is 18.1. The van der Waals surface area contributed by atoms with Crippen LogP contribution in [0.15, 0.2) is 60.8 Å². The average Bonchev–Trinajstić information content (AvgIpc) is 3.16. The number of ether oxygens (including phenoxy) is 2. The molecule has 3 aromatic rings. The zero-order chi connectivity index (χ0) is 23.7. The van der Waals surface area contributed by atoms with Crippen LogP contribution in [-0.2, 0) is 9.47 Å². The van der Waals surface area contributed by atoms with E-state index in [4.69, 9.17) is 15.2 Å². The highest BCUT2D eigenvalue weighted by Crippen LogP contribution is 2.35. The number of pyridine rings is 1. The predicted molar refractivity (Wildman–Crippen MR) is 126 cm³/mol. The number of aliphatic hydroxyl groups is 1. The van der Waals surface area contributed by atoms with Crippen molar-refractivity contribution in [2.75, 3.05) is 35.7 Å². The van der Waals surface area contributed by atoms with Crippen molar-refractivity contribution in [1.29, 1.82) is 0 Å². The number of benzene rings is 2. The van der Waals surface area contributed by atoms with E-state index in [0.29, 0.717) is 55.4 Å². The minimum absolute atomic E-state index is 0.311. The van der Waals surface area contributed by atoms with Crippen molar-refractivity contribution < 1.29 is 23.8 Å². The van der Waals surface area contributed by atoms with Gasteiger partial charge in [-0.15, -0.1) is 0 Å². The number of nitrogen functional groups attached to an aromatic ring is 1. The number of halogens is 1. The largest absolute Gasteiger partial charge is 0.440 e. The molecule has 176 valence electrons. The first kappa shape index (κ1) is 22.1. The van der Waals surface area contributed by atoms with Gasteiger partial charge in [-0.05, 0) is 47.5 Å². The van der Waals surface area contributed by atoms with Gasteiger partial charge in [-0.2, -0.15) is 0 Å². The van der Waals surface area contributed by atoms with Crippen molar-refractivity contribution in [3.8, 4) is 11.1 Å². The van der Waals surface area contributed by atoms with Gasteiger partial charge in [0.05, 0.1) is 31.1 Å². The molecule has 1 amide bonds. The second-order valence-electron chi connectivity index (χ2n) is 8.56. The van der Waals surface area contributed by atoms with E-state index in [9.17, 15) is 14.3 Å². The Bertz CT molecular complexity index is 1180. The number of aromatic nitrogens is 1. The van der Waals surface area contributed by atoms with E-state index in [1.165, 1.54) is 23.2 Å². The molecule has 5 rings (SSSR count). The van der Waals surface area contributed by atoms with Crippen LogP contribution in [0, 0.1) is 5.82 Å². The Balaban J connectivity index is 1.29. The van der Waals surface area contributed by atoms with Crippen LogP contribution in [0.25, 0.3) is 11.1 Å². The van der Waals surface area contributed by atoms with Gasteiger partial charge >= 0.3 is 6.09 Å². The Kier molecular flexibility index (Phi) is 5.80. The molecule has 0 radical (unpaired) electrons. The lowest BCUT2D eigenvalue weighted by atomic mass is 9.94. The summed E-state index contributed by atoms with van der Waals surface area (Å²) in [4.78, 5) is 18.3. The molecule has 1 unspecified atom stereocenters. The van der Waals surface area contributed by atoms with Crippen molar-refractivity contribution in [1.82, 2.24) is 4.98 Å². The van der Waals surface area contributed by atoms with E-state index in [0.717, 1.165) is 11.1 Å². The summed E-state index contributed by atoms with van der Waals surface area (Å²) in [6.07, 6.45) is 1.32. The third-order valence-corrected chi connectivity index (χ3v) is 6.26. The van der Waals surface area contributed by atoms with Crippen LogP contribution >= 0.6 is 0 Å². The first-order chi connectivity index (χ1) is 16.4. The second kappa shape index (κ2) is 8.92. The van der Waals surface area contributed by atoms with E-state index < -0.39 is 17.9 Å². The lowest BCUT2D eigenvalue weighted by Gasteiger charge is -2.30. The number of carbonyl (C=O) groups excluding carboxylic acids is 1. The maximum atomic E-state index is 13.2. The molecule has 4 N–H and O–H groups in total. The highest BCUT2D eigenvalue weighted by Gasteiger charge is 2.47. The lowest BCUT2D eigenvalue weighted by molar-refractivity contribution is -0.0431. The van der Waals surface area contributed by atoms with E-state index >= 15 is 0 Å². The van der Waals surface area contributed by atoms with Gasteiger partial charge in [0.25, 0.3) is 0 Å². The van der Waals surface area contributed by atoms with Crippen LogP contribution in [0.4, 0.5) is 26.4 Å². The molecule has 9 heteroatoms. The molecule has 1 aromatic heterocycles. The Morgan fingerprint density at radius 3 is 2.53 bits per heavy atom. The molecule has 0 saturated carbocycles. The van der Waals surface area contributed by atoms with Crippen molar-refractivity contribution >= 4 is 23.3 Å². The summed E-state index contributed by atoms with van der Waals surface area (Å²) in [5.41, 5.74) is 8.71. The van der Waals surface area contributed by atoms with Crippen molar-refractivity contribution in [2.24, 2.45) is 0 Å². The number of nitrogens with zero attached hydrogens (tertiary/aromatic N) is 2. The average molecular weight is 464 g/mol. The number of carbonyl (C=O) groups is 1. The zero-order valence-corrected chi connectivity index (χ0v) is 18.4. The monoisotopic (exact) mass is 464 g/mol. The molecule has 8 nitrogen and oxygen atoms in total. The number of rotatable bonds is 5. The summed E-state index contributed by atoms with van der Waals surface area (Å²) in [6, 6.07) is 14.9. The summed E-state index contributed by atoms with van der Waals surface area (Å²) in [5, 5.41) is 13.7. The molecule has 1 spiro atoms. The van der Waals surface area contributed by atoms with E-state index in [2.05, 4.69) is 10.3 Å². The molecule has 2 saturated heterocycles. The maximum Gasteiger partial charge on any atom is 0.416 e. The van der Waals surface area contributed by atoms with Crippen LogP contribution in [0.3, 0.4) is 0 Å². The fourth-order valence-electron chi connectivity index (χ4n) is 4.26. The van der Waals surface area contributed by atoms with Gasteiger partial charge in [0.15, 0.2) is 6.23 Å². The van der Waals surface area contributed by atoms with Gasteiger partial charge in [-0.1, -0.05) is 18.2 Å². The summed E-state index contributed by atoms with van der Waals surface area (Å²) < 4.78 is 24.3. The van der Waals surface area contributed by atoms with E-state index in [1.807, 2.05) is 6.07 Å². The topological polar surface area (TPSA) is 110 Å². The van der Waals surface area contributed by atoms with Gasteiger partial charge in [0.2, 0.25) is 0 Å². The minimum atomic E-state index is -1.08. The molecule has 34 heavy (non-hydrogen) atoms. The van der Waals surface area contributed by atoms with Gasteiger partial charge < -0.3 is 25.6 Å². The number of aliphatic hydroxyl groups excluding tert-OH is 1. The standard InChI is InChI=1S/C25H25FN4O4/c26-19-5-1-16(2-6-19)17-3-7-20(27)21(13-17)29-23(31)18-4-8-22(28-14-18)30-15-25(34-24(30)32)9-11-33-12-10-25/h1-8,13-14,23,29,31H,9-12,15,27H2. The third kappa shape index (κ3) is 4.40.